The van der Waals surface area contributed by atoms with Gasteiger partial charge in [0.2, 0.25) is 5.91 Å². The molecule has 21 heavy (non-hydrogen) atoms. The normalized spacial score (nSPS) is 17.1. The zero-order chi connectivity index (χ0) is 15.2. The molecule has 1 fully saturated rings. The van der Waals surface area contributed by atoms with E-state index >= 15 is 0 Å². The van der Waals surface area contributed by atoms with Crippen molar-refractivity contribution in [2.45, 2.75) is 58.0 Å². The van der Waals surface area contributed by atoms with Crippen LogP contribution in [0.25, 0.3) is 0 Å². The van der Waals surface area contributed by atoms with Gasteiger partial charge in [-0.2, -0.15) is 0 Å². The Morgan fingerprint density at radius 2 is 2.00 bits per heavy atom. The van der Waals surface area contributed by atoms with E-state index in [0.717, 1.165) is 29.8 Å². The third-order valence-corrected chi connectivity index (χ3v) is 4.07. The molecule has 1 aromatic rings. The van der Waals surface area contributed by atoms with Gasteiger partial charge < -0.3 is 15.4 Å². The average Bonchev–Trinajstić information content (AvgIpc) is 2.48. The molecule has 0 saturated heterocycles. The van der Waals surface area contributed by atoms with E-state index < -0.39 is 0 Å². The standard InChI is InChI=1S/C17H26N2O2/c1-12-9-10-16(21-3)15(11-12)18-13(2)17(20)19-14-7-5-4-6-8-14/h9-11,13-14,18H,4-8H2,1-3H3,(H,19,20). The number of carbonyl (C=O) groups excluding carboxylic acids is 1. The predicted molar refractivity (Wildman–Crippen MR) is 85.8 cm³/mol. The highest BCUT2D eigenvalue weighted by Gasteiger charge is 2.20. The fraction of sp³-hybridized carbons (Fsp3) is 0.588. The predicted octanol–water partition coefficient (Wildman–Crippen LogP) is 3.25. The SMILES string of the molecule is COc1ccc(C)cc1NC(C)C(=O)NC1CCCCC1. The number of methoxy groups -OCH3 is 1. The fourth-order valence-electron chi connectivity index (χ4n) is 2.81. The summed E-state index contributed by atoms with van der Waals surface area (Å²) in [6.45, 7) is 3.91. The number of amides is 1. The summed E-state index contributed by atoms with van der Waals surface area (Å²) >= 11 is 0. The zero-order valence-electron chi connectivity index (χ0n) is 13.2. The van der Waals surface area contributed by atoms with Crippen LogP contribution in [0.4, 0.5) is 5.69 Å². The highest BCUT2D eigenvalue weighted by atomic mass is 16.5. The fourth-order valence-corrected chi connectivity index (χ4v) is 2.81. The second-order valence-corrected chi connectivity index (χ2v) is 5.91. The minimum Gasteiger partial charge on any atom is -0.495 e. The first kappa shape index (κ1) is 15.7. The van der Waals surface area contributed by atoms with Crippen molar-refractivity contribution < 1.29 is 9.53 Å². The Bertz CT molecular complexity index is 482. The van der Waals surface area contributed by atoms with E-state index in [0.29, 0.717) is 6.04 Å². The molecule has 0 spiro atoms. The van der Waals surface area contributed by atoms with Crippen molar-refractivity contribution >= 4 is 11.6 Å². The lowest BCUT2D eigenvalue weighted by Crippen LogP contribution is -2.44. The number of anilines is 1. The van der Waals surface area contributed by atoms with E-state index in [9.17, 15) is 4.79 Å². The molecular formula is C17H26N2O2. The summed E-state index contributed by atoms with van der Waals surface area (Å²) in [4.78, 5) is 12.3. The van der Waals surface area contributed by atoms with Gasteiger partial charge in [-0.3, -0.25) is 4.79 Å². The van der Waals surface area contributed by atoms with Crippen LogP contribution in [-0.4, -0.2) is 25.1 Å². The molecule has 0 aliphatic heterocycles. The Balaban J connectivity index is 1.95. The second kappa shape index (κ2) is 7.34. The molecule has 2 rings (SSSR count). The summed E-state index contributed by atoms with van der Waals surface area (Å²) in [5, 5.41) is 6.40. The first-order chi connectivity index (χ1) is 10.1. The quantitative estimate of drug-likeness (QED) is 0.875. The first-order valence-electron chi connectivity index (χ1n) is 7.81. The van der Waals surface area contributed by atoms with Crippen molar-refractivity contribution in [2.75, 3.05) is 12.4 Å². The van der Waals surface area contributed by atoms with Crippen LogP contribution in [0.5, 0.6) is 5.75 Å². The molecule has 0 aromatic heterocycles. The maximum absolute atomic E-state index is 12.3. The molecule has 1 aliphatic rings. The average molecular weight is 290 g/mol. The second-order valence-electron chi connectivity index (χ2n) is 5.91. The molecule has 1 atom stereocenters. The maximum Gasteiger partial charge on any atom is 0.242 e. The van der Waals surface area contributed by atoms with Crippen molar-refractivity contribution in [3.63, 3.8) is 0 Å². The third kappa shape index (κ3) is 4.38. The molecule has 2 N–H and O–H groups in total. The van der Waals surface area contributed by atoms with Gasteiger partial charge in [0.05, 0.1) is 12.8 Å². The van der Waals surface area contributed by atoms with E-state index in [-0.39, 0.29) is 11.9 Å². The minimum atomic E-state index is -0.275. The van der Waals surface area contributed by atoms with Gasteiger partial charge in [0.1, 0.15) is 11.8 Å². The Labute approximate surface area is 127 Å². The van der Waals surface area contributed by atoms with Crippen LogP contribution < -0.4 is 15.4 Å². The zero-order valence-corrected chi connectivity index (χ0v) is 13.2. The van der Waals surface area contributed by atoms with Crippen LogP contribution in [-0.2, 0) is 4.79 Å². The van der Waals surface area contributed by atoms with Gasteiger partial charge in [-0.1, -0.05) is 25.3 Å². The Morgan fingerprint density at radius 3 is 2.67 bits per heavy atom. The molecule has 4 nitrogen and oxygen atoms in total. The highest BCUT2D eigenvalue weighted by Crippen LogP contribution is 2.26. The van der Waals surface area contributed by atoms with Crippen LogP contribution in [0.3, 0.4) is 0 Å². The van der Waals surface area contributed by atoms with Crippen molar-refractivity contribution in [3.8, 4) is 5.75 Å². The first-order valence-corrected chi connectivity index (χ1v) is 7.81. The monoisotopic (exact) mass is 290 g/mol. The summed E-state index contributed by atoms with van der Waals surface area (Å²) < 4.78 is 5.34. The number of rotatable bonds is 5. The number of hydrogen-bond donors (Lipinski definition) is 2. The number of hydrogen-bond acceptors (Lipinski definition) is 3. The molecule has 0 bridgehead atoms. The van der Waals surface area contributed by atoms with Crippen LogP contribution >= 0.6 is 0 Å². The Hall–Kier alpha value is -1.71. The maximum atomic E-state index is 12.3. The van der Waals surface area contributed by atoms with E-state index in [1.807, 2.05) is 32.0 Å². The lowest BCUT2D eigenvalue weighted by atomic mass is 9.95. The number of carbonyl (C=O) groups is 1. The van der Waals surface area contributed by atoms with Crippen LogP contribution in [0.15, 0.2) is 18.2 Å². The summed E-state index contributed by atoms with van der Waals surface area (Å²) in [7, 11) is 1.64. The van der Waals surface area contributed by atoms with E-state index in [2.05, 4.69) is 10.6 Å². The molecule has 1 amide bonds. The number of aryl methyl sites for hydroxylation is 1. The lowest BCUT2D eigenvalue weighted by molar-refractivity contribution is -0.122. The molecule has 0 radical (unpaired) electrons. The van der Waals surface area contributed by atoms with Gasteiger partial charge in [0.15, 0.2) is 0 Å². The Morgan fingerprint density at radius 1 is 1.29 bits per heavy atom. The number of ether oxygens (including phenoxy) is 1. The molecule has 0 heterocycles. The minimum absolute atomic E-state index is 0.0606. The Kier molecular flexibility index (Phi) is 5.48. The molecule has 1 saturated carbocycles. The summed E-state index contributed by atoms with van der Waals surface area (Å²) in [5.41, 5.74) is 2.00. The highest BCUT2D eigenvalue weighted by molar-refractivity contribution is 5.85. The van der Waals surface area contributed by atoms with Crippen LogP contribution in [0.2, 0.25) is 0 Å². The van der Waals surface area contributed by atoms with Gasteiger partial charge in [-0.25, -0.2) is 0 Å². The molecule has 1 unspecified atom stereocenters. The molecule has 4 heteroatoms. The smallest absolute Gasteiger partial charge is 0.242 e. The van der Waals surface area contributed by atoms with Crippen LogP contribution in [0, 0.1) is 6.92 Å². The van der Waals surface area contributed by atoms with Crippen molar-refractivity contribution in [1.29, 1.82) is 0 Å². The van der Waals surface area contributed by atoms with Gasteiger partial charge in [-0.05, 0) is 44.4 Å². The molecular weight excluding hydrogens is 264 g/mol. The topological polar surface area (TPSA) is 50.4 Å². The van der Waals surface area contributed by atoms with E-state index in [4.69, 9.17) is 4.74 Å². The van der Waals surface area contributed by atoms with Crippen molar-refractivity contribution in [3.05, 3.63) is 23.8 Å². The molecule has 1 aliphatic carbocycles. The van der Waals surface area contributed by atoms with E-state index in [1.54, 1.807) is 7.11 Å². The van der Waals surface area contributed by atoms with Crippen molar-refractivity contribution in [1.82, 2.24) is 5.32 Å². The molecule has 116 valence electrons. The van der Waals surface area contributed by atoms with Gasteiger partial charge in [-0.15, -0.1) is 0 Å². The van der Waals surface area contributed by atoms with Gasteiger partial charge in [0.25, 0.3) is 0 Å². The van der Waals surface area contributed by atoms with Crippen LogP contribution in [0.1, 0.15) is 44.6 Å². The summed E-state index contributed by atoms with van der Waals surface area (Å²) in [6, 6.07) is 5.99. The van der Waals surface area contributed by atoms with Gasteiger partial charge >= 0.3 is 0 Å². The largest absolute Gasteiger partial charge is 0.495 e. The number of benzene rings is 1. The summed E-state index contributed by atoms with van der Waals surface area (Å²) in [5.74, 6) is 0.823. The molecule has 1 aromatic carbocycles. The van der Waals surface area contributed by atoms with Gasteiger partial charge in [0, 0.05) is 6.04 Å². The number of nitrogens with one attached hydrogen (secondary N) is 2. The third-order valence-electron chi connectivity index (χ3n) is 4.07. The van der Waals surface area contributed by atoms with E-state index in [1.165, 1.54) is 19.3 Å². The summed E-state index contributed by atoms with van der Waals surface area (Å²) in [6.07, 6.45) is 5.94. The van der Waals surface area contributed by atoms with Crippen molar-refractivity contribution in [2.24, 2.45) is 0 Å². The lowest BCUT2D eigenvalue weighted by Gasteiger charge is -2.25.